The van der Waals surface area contributed by atoms with Crippen LogP contribution in [-0.2, 0) is 0 Å². The molecule has 2 rings (SSSR count). The largest absolute Gasteiger partial charge is 0.345 e. The van der Waals surface area contributed by atoms with Crippen molar-refractivity contribution in [2.45, 2.75) is 31.2 Å². The van der Waals surface area contributed by atoms with Crippen molar-refractivity contribution in [3.8, 4) is 0 Å². The summed E-state index contributed by atoms with van der Waals surface area (Å²) in [5.41, 5.74) is 5.62. The molecule has 1 aliphatic rings. The Balaban J connectivity index is 0.00000200. The van der Waals surface area contributed by atoms with Crippen LogP contribution in [0.4, 0.5) is 5.69 Å². The SMILES string of the molecule is Cl.NCC1(NC(=O)c2cccc([N+](=O)[O-])c2)CCCC1. The Morgan fingerprint density at radius 1 is 1.40 bits per heavy atom. The van der Waals surface area contributed by atoms with Crippen LogP contribution in [0.15, 0.2) is 24.3 Å². The number of hydrogen-bond acceptors (Lipinski definition) is 4. The van der Waals surface area contributed by atoms with E-state index in [1.54, 1.807) is 6.07 Å². The normalized spacial score (nSPS) is 16.2. The summed E-state index contributed by atoms with van der Waals surface area (Å²) in [6.07, 6.45) is 3.83. The van der Waals surface area contributed by atoms with Crippen molar-refractivity contribution in [3.63, 3.8) is 0 Å². The number of amides is 1. The zero-order chi connectivity index (χ0) is 13.9. The van der Waals surface area contributed by atoms with Gasteiger partial charge in [0.05, 0.1) is 10.5 Å². The molecule has 0 radical (unpaired) electrons. The third-order valence-electron chi connectivity index (χ3n) is 3.65. The number of carbonyl (C=O) groups is 1. The Labute approximate surface area is 123 Å². The molecule has 1 saturated carbocycles. The van der Waals surface area contributed by atoms with Gasteiger partial charge in [0.1, 0.15) is 0 Å². The first kappa shape index (κ1) is 16.4. The van der Waals surface area contributed by atoms with E-state index < -0.39 is 4.92 Å². The molecule has 1 aliphatic carbocycles. The number of benzene rings is 1. The Morgan fingerprint density at radius 3 is 2.60 bits per heavy atom. The van der Waals surface area contributed by atoms with Crippen LogP contribution in [0.1, 0.15) is 36.0 Å². The molecular formula is C13H18ClN3O3. The number of nitro benzene ring substituents is 1. The predicted molar refractivity (Wildman–Crippen MR) is 78.1 cm³/mol. The number of nitrogens with one attached hydrogen (secondary N) is 1. The second-order valence-electron chi connectivity index (χ2n) is 4.95. The van der Waals surface area contributed by atoms with Crippen molar-refractivity contribution in [2.24, 2.45) is 5.73 Å². The molecule has 20 heavy (non-hydrogen) atoms. The molecule has 0 aliphatic heterocycles. The Hall–Kier alpha value is -1.66. The number of nitrogens with zero attached hydrogens (tertiary/aromatic N) is 1. The van der Waals surface area contributed by atoms with Crippen molar-refractivity contribution in [1.82, 2.24) is 5.32 Å². The van der Waals surface area contributed by atoms with Crippen molar-refractivity contribution in [1.29, 1.82) is 0 Å². The molecule has 0 spiro atoms. The molecule has 7 heteroatoms. The minimum atomic E-state index is -0.509. The maximum atomic E-state index is 12.2. The Morgan fingerprint density at radius 2 is 2.05 bits per heavy atom. The van der Waals surface area contributed by atoms with E-state index >= 15 is 0 Å². The maximum absolute atomic E-state index is 12.2. The van der Waals surface area contributed by atoms with Gasteiger partial charge in [-0.25, -0.2) is 0 Å². The molecule has 0 heterocycles. The minimum absolute atomic E-state index is 0. The third kappa shape index (κ3) is 3.46. The highest BCUT2D eigenvalue weighted by Crippen LogP contribution is 2.29. The van der Waals surface area contributed by atoms with E-state index in [0.717, 1.165) is 25.7 Å². The van der Waals surface area contributed by atoms with Gasteiger partial charge >= 0.3 is 0 Å². The summed E-state index contributed by atoms with van der Waals surface area (Å²) in [4.78, 5) is 22.3. The molecule has 0 saturated heterocycles. The van der Waals surface area contributed by atoms with E-state index in [2.05, 4.69) is 5.32 Å². The number of carbonyl (C=O) groups excluding carboxylic acids is 1. The van der Waals surface area contributed by atoms with Gasteiger partial charge in [-0.15, -0.1) is 12.4 Å². The fraction of sp³-hybridized carbons (Fsp3) is 0.462. The van der Waals surface area contributed by atoms with Crippen LogP contribution >= 0.6 is 12.4 Å². The molecular weight excluding hydrogens is 282 g/mol. The van der Waals surface area contributed by atoms with E-state index in [1.807, 2.05) is 0 Å². The Kier molecular flexibility index (Phi) is 5.47. The van der Waals surface area contributed by atoms with Gasteiger partial charge in [-0.1, -0.05) is 18.9 Å². The summed E-state index contributed by atoms with van der Waals surface area (Å²) >= 11 is 0. The van der Waals surface area contributed by atoms with Crippen LogP contribution in [-0.4, -0.2) is 22.9 Å². The van der Waals surface area contributed by atoms with Gasteiger partial charge < -0.3 is 11.1 Å². The molecule has 6 nitrogen and oxygen atoms in total. The van der Waals surface area contributed by atoms with Gasteiger partial charge in [0, 0.05) is 24.2 Å². The molecule has 1 aromatic rings. The van der Waals surface area contributed by atoms with Gasteiger partial charge in [-0.05, 0) is 18.9 Å². The van der Waals surface area contributed by atoms with Crippen molar-refractivity contribution < 1.29 is 9.72 Å². The lowest BCUT2D eigenvalue weighted by Crippen LogP contribution is -2.51. The number of hydrogen-bond donors (Lipinski definition) is 2. The highest BCUT2D eigenvalue weighted by Gasteiger charge is 2.34. The monoisotopic (exact) mass is 299 g/mol. The summed E-state index contributed by atoms with van der Waals surface area (Å²) in [7, 11) is 0. The van der Waals surface area contributed by atoms with E-state index in [4.69, 9.17) is 5.73 Å². The van der Waals surface area contributed by atoms with Crippen molar-refractivity contribution in [2.75, 3.05) is 6.54 Å². The van der Waals surface area contributed by atoms with Gasteiger partial charge in [-0.3, -0.25) is 14.9 Å². The summed E-state index contributed by atoms with van der Waals surface area (Å²) < 4.78 is 0. The molecule has 0 unspecified atom stereocenters. The summed E-state index contributed by atoms with van der Waals surface area (Å²) in [6.45, 7) is 0.396. The third-order valence-corrected chi connectivity index (χ3v) is 3.65. The average Bonchev–Trinajstić information content (AvgIpc) is 2.88. The molecule has 110 valence electrons. The number of non-ortho nitro benzene ring substituents is 1. The summed E-state index contributed by atoms with van der Waals surface area (Å²) in [5, 5.41) is 13.6. The molecule has 1 amide bonds. The first-order valence-corrected chi connectivity index (χ1v) is 6.33. The van der Waals surface area contributed by atoms with Crippen LogP contribution in [0, 0.1) is 10.1 Å². The first-order chi connectivity index (χ1) is 9.06. The smallest absolute Gasteiger partial charge is 0.270 e. The molecule has 1 fully saturated rings. The zero-order valence-electron chi connectivity index (χ0n) is 11.0. The lowest BCUT2D eigenvalue weighted by Gasteiger charge is -2.28. The topological polar surface area (TPSA) is 98.3 Å². The van der Waals surface area contributed by atoms with E-state index in [0.29, 0.717) is 12.1 Å². The maximum Gasteiger partial charge on any atom is 0.270 e. The summed E-state index contributed by atoms with van der Waals surface area (Å²) in [5.74, 6) is -0.295. The van der Waals surface area contributed by atoms with Crippen LogP contribution in [0.25, 0.3) is 0 Å². The number of nitrogens with two attached hydrogens (primary N) is 1. The fourth-order valence-corrected chi connectivity index (χ4v) is 2.51. The van der Waals surface area contributed by atoms with Gasteiger partial charge in [-0.2, -0.15) is 0 Å². The van der Waals surface area contributed by atoms with Crippen molar-refractivity contribution in [3.05, 3.63) is 39.9 Å². The van der Waals surface area contributed by atoms with Gasteiger partial charge in [0.15, 0.2) is 0 Å². The lowest BCUT2D eigenvalue weighted by atomic mass is 9.97. The molecule has 0 aromatic heterocycles. The molecule has 0 bridgehead atoms. The highest BCUT2D eigenvalue weighted by atomic mass is 35.5. The Bertz CT molecular complexity index is 501. The predicted octanol–water partition coefficient (Wildman–Crippen LogP) is 2.02. The zero-order valence-corrected chi connectivity index (χ0v) is 11.8. The van der Waals surface area contributed by atoms with Crippen LogP contribution in [0.3, 0.4) is 0 Å². The van der Waals surface area contributed by atoms with Gasteiger partial charge in [0.25, 0.3) is 11.6 Å². The highest BCUT2D eigenvalue weighted by molar-refractivity contribution is 5.95. The average molecular weight is 300 g/mol. The van der Waals surface area contributed by atoms with Crippen LogP contribution in [0.5, 0.6) is 0 Å². The van der Waals surface area contributed by atoms with E-state index in [9.17, 15) is 14.9 Å². The number of rotatable bonds is 4. The van der Waals surface area contributed by atoms with Gasteiger partial charge in [0.2, 0.25) is 0 Å². The van der Waals surface area contributed by atoms with Crippen LogP contribution < -0.4 is 11.1 Å². The van der Waals surface area contributed by atoms with E-state index in [1.165, 1.54) is 18.2 Å². The second-order valence-corrected chi connectivity index (χ2v) is 4.95. The quantitative estimate of drug-likeness (QED) is 0.656. The first-order valence-electron chi connectivity index (χ1n) is 6.33. The molecule has 1 aromatic carbocycles. The second kappa shape index (κ2) is 6.67. The lowest BCUT2D eigenvalue weighted by molar-refractivity contribution is -0.384. The van der Waals surface area contributed by atoms with Crippen molar-refractivity contribution >= 4 is 24.0 Å². The fourth-order valence-electron chi connectivity index (χ4n) is 2.51. The number of nitro groups is 1. The minimum Gasteiger partial charge on any atom is -0.345 e. The van der Waals surface area contributed by atoms with E-state index in [-0.39, 0.29) is 29.5 Å². The molecule has 0 atom stereocenters. The molecule has 3 N–H and O–H groups in total. The standard InChI is InChI=1S/C13H17N3O3.ClH/c14-9-13(6-1-2-7-13)15-12(17)10-4-3-5-11(8-10)16(18)19;/h3-5,8H,1-2,6-7,9,14H2,(H,15,17);1H. The number of halogens is 1. The van der Waals surface area contributed by atoms with Crippen LogP contribution in [0.2, 0.25) is 0 Å². The summed E-state index contributed by atoms with van der Waals surface area (Å²) in [6, 6.07) is 5.73.